The summed E-state index contributed by atoms with van der Waals surface area (Å²) < 4.78 is 0.962. The van der Waals surface area contributed by atoms with Gasteiger partial charge in [-0.25, -0.2) is 0 Å². The van der Waals surface area contributed by atoms with Gasteiger partial charge in [-0.1, -0.05) is 0 Å². The first-order valence-corrected chi connectivity index (χ1v) is 4.00. The molecule has 0 aromatic heterocycles. The van der Waals surface area contributed by atoms with E-state index in [2.05, 4.69) is 22.6 Å². The van der Waals surface area contributed by atoms with Crippen LogP contribution in [0.4, 0.5) is 0 Å². The Labute approximate surface area is 78.0 Å². The zero-order valence-corrected chi connectivity index (χ0v) is 7.70. The maximum atomic E-state index is 10.4. The SMILES string of the molecule is N#Cc1ccc(I)cc1C=O. The van der Waals surface area contributed by atoms with E-state index in [-0.39, 0.29) is 0 Å². The van der Waals surface area contributed by atoms with Crippen molar-refractivity contribution in [3.8, 4) is 6.07 Å². The van der Waals surface area contributed by atoms with Gasteiger partial charge in [0.1, 0.15) is 0 Å². The lowest BCUT2D eigenvalue weighted by Crippen LogP contribution is -1.87. The summed E-state index contributed by atoms with van der Waals surface area (Å²) in [6, 6.07) is 7.07. The zero-order valence-electron chi connectivity index (χ0n) is 5.54. The van der Waals surface area contributed by atoms with Crippen LogP contribution in [0.1, 0.15) is 15.9 Å². The van der Waals surface area contributed by atoms with Crippen molar-refractivity contribution >= 4 is 28.9 Å². The topological polar surface area (TPSA) is 40.9 Å². The van der Waals surface area contributed by atoms with Gasteiger partial charge >= 0.3 is 0 Å². The lowest BCUT2D eigenvalue weighted by atomic mass is 10.1. The van der Waals surface area contributed by atoms with Crippen LogP contribution in [-0.4, -0.2) is 6.29 Å². The molecule has 0 unspecified atom stereocenters. The Bertz CT molecular complexity index is 327. The molecule has 0 saturated carbocycles. The van der Waals surface area contributed by atoms with Crippen molar-refractivity contribution in [2.24, 2.45) is 0 Å². The molecule has 1 aromatic rings. The van der Waals surface area contributed by atoms with Crippen molar-refractivity contribution in [2.75, 3.05) is 0 Å². The molecule has 2 nitrogen and oxygen atoms in total. The van der Waals surface area contributed by atoms with Gasteiger partial charge in [-0.3, -0.25) is 4.79 Å². The fraction of sp³-hybridized carbons (Fsp3) is 0. The largest absolute Gasteiger partial charge is 0.298 e. The lowest BCUT2D eigenvalue weighted by molar-refractivity contribution is 0.112. The highest BCUT2D eigenvalue weighted by molar-refractivity contribution is 14.1. The van der Waals surface area contributed by atoms with E-state index in [1.54, 1.807) is 18.2 Å². The Morgan fingerprint density at radius 1 is 1.55 bits per heavy atom. The van der Waals surface area contributed by atoms with Crippen molar-refractivity contribution in [3.05, 3.63) is 32.9 Å². The molecular formula is C8H4INO. The summed E-state index contributed by atoms with van der Waals surface area (Å²) in [5, 5.41) is 8.53. The molecule has 0 bridgehead atoms. The molecule has 0 heterocycles. The molecule has 0 aliphatic carbocycles. The fourth-order valence-corrected chi connectivity index (χ4v) is 1.25. The monoisotopic (exact) mass is 257 g/mol. The minimum atomic E-state index is 0.431. The Morgan fingerprint density at radius 3 is 2.82 bits per heavy atom. The predicted octanol–water partition coefficient (Wildman–Crippen LogP) is 1.98. The normalized spacial score (nSPS) is 8.73. The van der Waals surface area contributed by atoms with Gasteiger partial charge in [0.2, 0.25) is 0 Å². The van der Waals surface area contributed by atoms with Crippen LogP contribution >= 0.6 is 22.6 Å². The first-order valence-electron chi connectivity index (χ1n) is 2.93. The number of carbonyl (C=O) groups excluding carboxylic acids is 1. The summed E-state index contributed by atoms with van der Waals surface area (Å²) in [6.45, 7) is 0. The van der Waals surface area contributed by atoms with Gasteiger partial charge < -0.3 is 0 Å². The molecule has 11 heavy (non-hydrogen) atoms. The second-order valence-electron chi connectivity index (χ2n) is 1.96. The average Bonchev–Trinajstić information content (AvgIpc) is 2.04. The minimum Gasteiger partial charge on any atom is -0.298 e. The first-order chi connectivity index (χ1) is 5.27. The molecule has 0 amide bonds. The molecule has 54 valence electrons. The van der Waals surface area contributed by atoms with E-state index in [1.807, 2.05) is 6.07 Å². The van der Waals surface area contributed by atoms with Gasteiger partial charge in [-0.2, -0.15) is 5.26 Å². The molecule has 0 radical (unpaired) electrons. The van der Waals surface area contributed by atoms with Crippen LogP contribution in [0.15, 0.2) is 18.2 Å². The van der Waals surface area contributed by atoms with Gasteiger partial charge in [0.25, 0.3) is 0 Å². The molecule has 0 spiro atoms. The highest BCUT2D eigenvalue weighted by atomic mass is 127. The van der Waals surface area contributed by atoms with Crippen LogP contribution in [0.2, 0.25) is 0 Å². The van der Waals surface area contributed by atoms with E-state index in [4.69, 9.17) is 5.26 Å². The number of hydrogen-bond donors (Lipinski definition) is 0. The lowest BCUT2D eigenvalue weighted by Gasteiger charge is -1.94. The predicted molar refractivity (Wildman–Crippen MR) is 49.3 cm³/mol. The summed E-state index contributed by atoms with van der Waals surface area (Å²) in [5.41, 5.74) is 0.889. The number of aldehydes is 1. The van der Waals surface area contributed by atoms with Gasteiger partial charge in [-0.05, 0) is 40.8 Å². The molecule has 0 atom stereocenters. The maximum absolute atomic E-state index is 10.4. The average molecular weight is 257 g/mol. The maximum Gasteiger partial charge on any atom is 0.151 e. The Kier molecular flexibility index (Phi) is 2.60. The second kappa shape index (κ2) is 3.49. The number of nitrogens with zero attached hydrogens (tertiary/aromatic N) is 1. The minimum absolute atomic E-state index is 0.431. The molecule has 0 aliphatic rings. The van der Waals surface area contributed by atoms with Crippen LogP contribution < -0.4 is 0 Å². The van der Waals surface area contributed by atoms with Gasteiger partial charge in [0.15, 0.2) is 6.29 Å². The van der Waals surface area contributed by atoms with E-state index >= 15 is 0 Å². The van der Waals surface area contributed by atoms with E-state index in [1.165, 1.54) is 0 Å². The quantitative estimate of drug-likeness (QED) is 0.570. The van der Waals surface area contributed by atoms with Crippen LogP contribution in [0, 0.1) is 14.9 Å². The van der Waals surface area contributed by atoms with Crippen LogP contribution in [0.5, 0.6) is 0 Å². The van der Waals surface area contributed by atoms with Crippen LogP contribution in [-0.2, 0) is 0 Å². The smallest absolute Gasteiger partial charge is 0.151 e. The summed E-state index contributed by atoms with van der Waals surface area (Å²) >= 11 is 2.09. The number of nitriles is 1. The summed E-state index contributed by atoms with van der Waals surface area (Å²) in [7, 11) is 0. The third-order valence-corrected chi connectivity index (χ3v) is 1.93. The third-order valence-electron chi connectivity index (χ3n) is 1.26. The molecular weight excluding hydrogens is 253 g/mol. The Hall–Kier alpha value is -0.890. The first kappa shape index (κ1) is 8.21. The summed E-state index contributed by atoms with van der Waals surface area (Å²) in [4.78, 5) is 10.4. The van der Waals surface area contributed by atoms with E-state index in [0.717, 1.165) is 3.57 Å². The highest BCUT2D eigenvalue weighted by Crippen LogP contribution is 2.10. The summed E-state index contributed by atoms with van der Waals surface area (Å²) in [5.74, 6) is 0. The molecule has 0 aliphatic heterocycles. The van der Waals surface area contributed by atoms with Crippen LogP contribution in [0.3, 0.4) is 0 Å². The standard InChI is InChI=1S/C8H4INO/c9-8-2-1-6(4-10)7(3-8)5-11/h1-3,5H. The zero-order chi connectivity index (χ0) is 8.27. The molecule has 3 heteroatoms. The second-order valence-corrected chi connectivity index (χ2v) is 3.21. The van der Waals surface area contributed by atoms with Crippen LogP contribution in [0.25, 0.3) is 0 Å². The van der Waals surface area contributed by atoms with E-state index in [0.29, 0.717) is 17.4 Å². The molecule has 0 saturated heterocycles. The van der Waals surface area contributed by atoms with Gasteiger partial charge in [-0.15, -0.1) is 0 Å². The third kappa shape index (κ3) is 1.77. The number of hydrogen-bond acceptors (Lipinski definition) is 2. The van der Waals surface area contributed by atoms with Crippen molar-refractivity contribution < 1.29 is 4.79 Å². The van der Waals surface area contributed by atoms with Crippen molar-refractivity contribution in [1.29, 1.82) is 5.26 Å². The number of carbonyl (C=O) groups is 1. The molecule has 0 N–H and O–H groups in total. The van der Waals surface area contributed by atoms with Crippen molar-refractivity contribution in [1.82, 2.24) is 0 Å². The number of rotatable bonds is 1. The summed E-state index contributed by atoms with van der Waals surface area (Å²) in [6.07, 6.45) is 0.695. The van der Waals surface area contributed by atoms with Gasteiger partial charge in [0, 0.05) is 9.13 Å². The molecule has 1 rings (SSSR count). The number of benzene rings is 1. The van der Waals surface area contributed by atoms with Crippen molar-refractivity contribution in [3.63, 3.8) is 0 Å². The Morgan fingerprint density at radius 2 is 2.27 bits per heavy atom. The molecule has 0 fully saturated rings. The Balaban J connectivity index is 3.30. The fourth-order valence-electron chi connectivity index (χ4n) is 0.733. The van der Waals surface area contributed by atoms with E-state index in [9.17, 15) is 4.79 Å². The highest BCUT2D eigenvalue weighted by Gasteiger charge is 1.99. The van der Waals surface area contributed by atoms with Crippen molar-refractivity contribution in [2.45, 2.75) is 0 Å². The van der Waals surface area contributed by atoms with E-state index < -0.39 is 0 Å². The number of halogens is 1. The van der Waals surface area contributed by atoms with Gasteiger partial charge in [0.05, 0.1) is 11.6 Å². The molecule has 1 aromatic carbocycles.